The number of benzene rings is 2. The van der Waals surface area contributed by atoms with E-state index in [4.69, 9.17) is 0 Å². The highest BCUT2D eigenvalue weighted by Gasteiger charge is 2.03. The molecule has 2 aromatic carbocycles. The smallest absolute Gasteiger partial charge is 0.00257 e. The first-order valence-corrected chi connectivity index (χ1v) is 7.18. The predicted octanol–water partition coefficient (Wildman–Crippen LogP) is 5.09. The van der Waals surface area contributed by atoms with Crippen molar-refractivity contribution in [3.05, 3.63) is 70.3 Å². The van der Waals surface area contributed by atoms with Crippen LogP contribution in [0.5, 0.6) is 0 Å². The maximum Gasteiger partial charge on any atom is -0.00257 e. The molecule has 0 aliphatic carbocycles. The Bertz CT molecular complexity index is 532. The molecule has 2 aromatic rings. The van der Waals surface area contributed by atoms with E-state index < -0.39 is 0 Å². The van der Waals surface area contributed by atoms with E-state index >= 15 is 0 Å². The van der Waals surface area contributed by atoms with Gasteiger partial charge in [-0.05, 0) is 54.9 Å². The monoisotopic (exact) mass is 252 g/mol. The van der Waals surface area contributed by atoms with Gasteiger partial charge in [-0.2, -0.15) is 0 Å². The molecule has 2 rings (SSSR count). The molecular formula is C19H24. The number of hydrogen-bond donors (Lipinski definition) is 0. The van der Waals surface area contributed by atoms with Crippen molar-refractivity contribution in [1.82, 2.24) is 0 Å². The molecule has 0 unspecified atom stereocenters. The SMILES string of the molecule is Cc1ccc(Cc2ccc(CC(C)C)c(C)c2)cc1. The first-order chi connectivity index (χ1) is 9.04. The Balaban J connectivity index is 2.13. The second kappa shape index (κ2) is 6.06. The predicted molar refractivity (Wildman–Crippen MR) is 83.7 cm³/mol. The summed E-state index contributed by atoms with van der Waals surface area (Å²) in [5.74, 6) is 0.724. The second-order valence-electron chi connectivity index (χ2n) is 6.02. The zero-order valence-corrected chi connectivity index (χ0v) is 12.5. The molecule has 0 amide bonds. The van der Waals surface area contributed by atoms with E-state index in [0.29, 0.717) is 0 Å². The van der Waals surface area contributed by atoms with Gasteiger partial charge in [-0.15, -0.1) is 0 Å². The van der Waals surface area contributed by atoms with Crippen LogP contribution >= 0.6 is 0 Å². The molecule has 0 bridgehead atoms. The lowest BCUT2D eigenvalue weighted by molar-refractivity contribution is 0.645. The van der Waals surface area contributed by atoms with Crippen LogP contribution in [0.1, 0.15) is 41.7 Å². The van der Waals surface area contributed by atoms with E-state index in [9.17, 15) is 0 Å². The standard InChI is InChI=1S/C19H24/c1-14(2)11-19-10-9-18(12-16(19)4)13-17-7-5-15(3)6-8-17/h5-10,12,14H,11,13H2,1-4H3. The highest BCUT2D eigenvalue weighted by atomic mass is 14.1. The van der Waals surface area contributed by atoms with Gasteiger partial charge in [0.05, 0.1) is 0 Å². The molecule has 0 heteroatoms. The van der Waals surface area contributed by atoms with E-state index in [1.165, 1.54) is 34.2 Å². The quantitative estimate of drug-likeness (QED) is 0.710. The molecule has 0 aromatic heterocycles. The summed E-state index contributed by atoms with van der Waals surface area (Å²) in [4.78, 5) is 0. The summed E-state index contributed by atoms with van der Waals surface area (Å²) in [6, 6.07) is 15.8. The van der Waals surface area contributed by atoms with Gasteiger partial charge in [0.15, 0.2) is 0 Å². The summed E-state index contributed by atoms with van der Waals surface area (Å²) < 4.78 is 0. The lowest BCUT2D eigenvalue weighted by Crippen LogP contribution is -1.98. The molecule has 0 fully saturated rings. The minimum Gasteiger partial charge on any atom is -0.0625 e. The van der Waals surface area contributed by atoms with Crippen LogP contribution in [0.4, 0.5) is 0 Å². The fraction of sp³-hybridized carbons (Fsp3) is 0.368. The molecule has 0 aliphatic rings. The lowest BCUT2D eigenvalue weighted by atomic mass is 9.95. The first-order valence-electron chi connectivity index (χ1n) is 7.18. The van der Waals surface area contributed by atoms with E-state index in [-0.39, 0.29) is 0 Å². The van der Waals surface area contributed by atoms with Gasteiger partial charge in [0, 0.05) is 0 Å². The third-order valence-corrected chi connectivity index (χ3v) is 3.56. The van der Waals surface area contributed by atoms with Crippen LogP contribution in [0.3, 0.4) is 0 Å². The van der Waals surface area contributed by atoms with Gasteiger partial charge >= 0.3 is 0 Å². The van der Waals surface area contributed by atoms with Crippen molar-refractivity contribution in [2.45, 2.75) is 40.5 Å². The summed E-state index contributed by atoms with van der Waals surface area (Å²) in [5, 5.41) is 0. The molecule has 0 saturated heterocycles. The molecule has 0 radical (unpaired) electrons. The molecule has 0 aliphatic heterocycles. The zero-order chi connectivity index (χ0) is 13.8. The van der Waals surface area contributed by atoms with E-state index in [1.54, 1.807) is 0 Å². The Labute approximate surface area is 117 Å². The minimum absolute atomic E-state index is 0.724. The minimum atomic E-state index is 0.724. The Morgan fingerprint density at radius 2 is 1.47 bits per heavy atom. The third-order valence-electron chi connectivity index (χ3n) is 3.56. The lowest BCUT2D eigenvalue weighted by Gasteiger charge is -2.11. The van der Waals surface area contributed by atoms with E-state index in [2.05, 4.69) is 70.2 Å². The van der Waals surface area contributed by atoms with Crippen molar-refractivity contribution in [3.8, 4) is 0 Å². The van der Waals surface area contributed by atoms with Crippen LogP contribution in [0.25, 0.3) is 0 Å². The highest BCUT2D eigenvalue weighted by molar-refractivity contribution is 5.35. The Morgan fingerprint density at radius 1 is 0.842 bits per heavy atom. The molecule has 0 saturated carbocycles. The number of aryl methyl sites for hydroxylation is 2. The van der Waals surface area contributed by atoms with Crippen molar-refractivity contribution in [1.29, 1.82) is 0 Å². The van der Waals surface area contributed by atoms with Crippen LogP contribution < -0.4 is 0 Å². The topological polar surface area (TPSA) is 0 Å². The summed E-state index contributed by atoms with van der Waals surface area (Å²) in [5.41, 5.74) is 7.05. The zero-order valence-electron chi connectivity index (χ0n) is 12.5. The molecule has 0 atom stereocenters. The summed E-state index contributed by atoms with van der Waals surface area (Å²) in [6.07, 6.45) is 2.21. The van der Waals surface area contributed by atoms with Crippen LogP contribution in [-0.2, 0) is 12.8 Å². The maximum absolute atomic E-state index is 2.34. The molecule has 100 valence electrons. The van der Waals surface area contributed by atoms with Crippen LogP contribution in [0, 0.1) is 19.8 Å². The average molecular weight is 252 g/mol. The number of rotatable bonds is 4. The van der Waals surface area contributed by atoms with Gasteiger partial charge in [0.2, 0.25) is 0 Å². The summed E-state index contributed by atoms with van der Waals surface area (Å²) >= 11 is 0. The van der Waals surface area contributed by atoms with Crippen molar-refractivity contribution >= 4 is 0 Å². The number of hydrogen-bond acceptors (Lipinski definition) is 0. The first kappa shape index (κ1) is 13.9. The van der Waals surface area contributed by atoms with Gasteiger partial charge in [-0.3, -0.25) is 0 Å². The Hall–Kier alpha value is -1.56. The summed E-state index contributed by atoms with van der Waals surface area (Å²) in [7, 11) is 0. The van der Waals surface area contributed by atoms with E-state index in [1.807, 2.05) is 0 Å². The fourth-order valence-corrected chi connectivity index (χ4v) is 2.48. The fourth-order valence-electron chi connectivity index (χ4n) is 2.48. The average Bonchev–Trinajstić information content (AvgIpc) is 2.35. The molecule has 0 N–H and O–H groups in total. The second-order valence-corrected chi connectivity index (χ2v) is 6.02. The van der Waals surface area contributed by atoms with Gasteiger partial charge in [0.1, 0.15) is 0 Å². The van der Waals surface area contributed by atoms with Crippen molar-refractivity contribution < 1.29 is 0 Å². The Morgan fingerprint density at radius 3 is 2.05 bits per heavy atom. The van der Waals surface area contributed by atoms with Crippen LogP contribution in [0.15, 0.2) is 42.5 Å². The van der Waals surface area contributed by atoms with Gasteiger partial charge in [0.25, 0.3) is 0 Å². The Kier molecular flexibility index (Phi) is 4.42. The third kappa shape index (κ3) is 3.96. The van der Waals surface area contributed by atoms with Crippen molar-refractivity contribution in [3.63, 3.8) is 0 Å². The van der Waals surface area contributed by atoms with E-state index in [0.717, 1.165) is 12.3 Å². The molecule has 0 heterocycles. The van der Waals surface area contributed by atoms with Crippen molar-refractivity contribution in [2.24, 2.45) is 5.92 Å². The summed E-state index contributed by atoms with van der Waals surface area (Å²) in [6.45, 7) is 8.92. The van der Waals surface area contributed by atoms with Crippen molar-refractivity contribution in [2.75, 3.05) is 0 Å². The van der Waals surface area contributed by atoms with Gasteiger partial charge < -0.3 is 0 Å². The molecule has 19 heavy (non-hydrogen) atoms. The van der Waals surface area contributed by atoms with Gasteiger partial charge in [-0.1, -0.05) is 61.9 Å². The molecular weight excluding hydrogens is 228 g/mol. The normalized spacial score (nSPS) is 11.0. The largest absolute Gasteiger partial charge is 0.0625 e. The molecule has 0 spiro atoms. The molecule has 0 nitrogen and oxygen atoms in total. The highest BCUT2D eigenvalue weighted by Crippen LogP contribution is 2.18. The van der Waals surface area contributed by atoms with Crippen LogP contribution in [0.2, 0.25) is 0 Å². The van der Waals surface area contributed by atoms with Gasteiger partial charge in [-0.25, -0.2) is 0 Å². The van der Waals surface area contributed by atoms with Crippen LogP contribution in [-0.4, -0.2) is 0 Å². The maximum atomic E-state index is 2.34.